The van der Waals surface area contributed by atoms with Crippen molar-refractivity contribution in [1.82, 2.24) is 14.5 Å². The molecule has 0 fully saturated rings. The molecule has 0 unspecified atom stereocenters. The van der Waals surface area contributed by atoms with Crippen molar-refractivity contribution in [2.24, 2.45) is 7.05 Å². The Morgan fingerprint density at radius 1 is 1.26 bits per heavy atom. The van der Waals surface area contributed by atoms with Crippen LogP contribution in [0.5, 0.6) is 5.75 Å². The van der Waals surface area contributed by atoms with E-state index in [1.54, 1.807) is 19.0 Å². The molecule has 3 aromatic rings. The van der Waals surface area contributed by atoms with E-state index in [4.69, 9.17) is 9.72 Å². The molecule has 4 rings (SSSR count). The summed E-state index contributed by atoms with van der Waals surface area (Å²) < 4.78 is 8.22. The van der Waals surface area contributed by atoms with E-state index in [0.717, 1.165) is 34.7 Å². The Bertz CT molecular complexity index is 1040. The second kappa shape index (κ2) is 6.01. The topological polar surface area (TPSA) is 59.4 Å². The van der Waals surface area contributed by atoms with E-state index in [1.807, 2.05) is 61.9 Å². The number of ether oxygens (including phenoxy) is 1. The van der Waals surface area contributed by atoms with Gasteiger partial charge in [-0.2, -0.15) is 0 Å². The number of imidazole rings is 1. The minimum absolute atomic E-state index is 0.0749. The molecule has 0 aliphatic carbocycles. The zero-order valence-corrected chi connectivity index (χ0v) is 16.3. The first kappa shape index (κ1) is 17.4. The van der Waals surface area contributed by atoms with Gasteiger partial charge in [-0.05, 0) is 32.0 Å². The summed E-state index contributed by atoms with van der Waals surface area (Å²) in [5, 5.41) is 3.36. The number of amides is 1. The molecule has 27 heavy (non-hydrogen) atoms. The number of hydrogen-bond donors (Lipinski definition) is 1. The number of carbonyl (C=O) groups is 1. The van der Waals surface area contributed by atoms with Gasteiger partial charge in [0.1, 0.15) is 11.4 Å². The molecule has 1 aliphatic heterocycles. The second-order valence-corrected chi connectivity index (χ2v) is 7.82. The monoisotopic (exact) mass is 364 g/mol. The fourth-order valence-electron chi connectivity index (χ4n) is 3.63. The SMILES string of the molecule is CN(C)C(=O)c1cc2nc(Nc3ccccc3)n(C)c2c2c1OC(C)(C)C2. The molecular formula is C21H24N4O2. The van der Waals surface area contributed by atoms with E-state index in [0.29, 0.717) is 11.3 Å². The lowest BCUT2D eigenvalue weighted by atomic mass is 9.98. The minimum atomic E-state index is -0.352. The highest BCUT2D eigenvalue weighted by Crippen LogP contribution is 2.43. The van der Waals surface area contributed by atoms with Gasteiger partial charge in [0.15, 0.2) is 0 Å². The largest absolute Gasteiger partial charge is 0.486 e. The standard InChI is InChI=1S/C21H24N4O2/c1-21(2)12-15-17-16(11-14(18(15)27-21)19(26)24(3)4)23-20(25(17)5)22-13-9-7-6-8-10-13/h6-11H,12H2,1-5H3,(H,22,23). The smallest absolute Gasteiger partial charge is 0.257 e. The number of aromatic nitrogens is 2. The molecule has 0 atom stereocenters. The maximum absolute atomic E-state index is 12.7. The molecule has 140 valence electrons. The van der Waals surface area contributed by atoms with Crippen molar-refractivity contribution in [3.63, 3.8) is 0 Å². The van der Waals surface area contributed by atoms with Crippen molar-refractivity contribution >= 4 is 28.6 Å². The Morgan fingerprint density at radius 2 is 1.96 bits per heavy atom. The highest BCUT2D eigenvalue weighted by Gasteiger charge is 2.37. The molecule has 0 saturated carbocycles. The summed E-state index contributed by atoms with van der Waals surface area (Å²) in [5.74, 6) is 1.34. The van der Waals surface area contributed by atoms with Crippen molar-refractivity contribution in [1.29, 1.82) is 0 Å². The lowest BCUT2D eigenvalue weighted by Crippen LogP contribution is -2.26. The lowest BCUT2D eigenvalue weighted by Gasteiger charge is -2.19. The summed E-state index contributed by atoms with van der Waals surface area (Å²) in [6.45, 7) is 4.09. The fourth-order valence-corrected chi connectivity index (χ4v) is 3.63. The van der Waals surface area contributed by atoms with Crippen LogP contribution in [0.25, 0.3) is 11.0 Å². The number of para-hydroxylation sites is 1. The van der Waals surface area contributed by atoms with Crippen LogP contribution in [-0.2, 0) is 13.5 Å². The molecule has 0 spiro atoms. The number of nitrogens with zero attached hydrogens (tertiary/aromatic N) is 3. The van der Waals surface area contributed by atoms with Gasteiger partial charge in [0.25, 0.3) is 5.91 Å². The van der Waals surface area contributed by atoms with Gasteiger partial charge in [0, 0.05) is 38.8 Å². The molecule has 0 bridgehead atoms. The molecule has 6 heteroatoms. The van der Waals surface area contributed by atoms with E-state index in [2.05, 4.69) is 5.32 Å². The molecule has 0 saturated heterocycles. The Balaban J connectivity index is 1.90. The van der Waals surface area contributed by atoms with Gasteiger partial charge < -0.3 is 19.5 Å². The number of anilines is 2. The molecular weight excluding hydrogens is 340 g/mol. The normalized spacial score (nSPS) is 14.7. The van der Waals surface area contributed by atoms with Gasteiger partial charge >= 0.3 is 0 Å². The third-order valence-electron chi connectivity index (χ3n) is 4.86. The van der Waals surface area contributed by atoms with Gasteiger partial charge in [-0.3, -0.25) is 4.79 Å². The highest BCUT2D eigenvalue weighted by molar-refractivity contribution is 6.02. The minimum Gasteiger partial charge on any atom is -0.486 e. The van der Waals surface area contributed by atoms with Gasteiger partial charge in [-0.15, -0.1) is 0 Å². The molecule has 1 aliphatic rings. The van der Waals surface area contributed by atoms with Crippen molar-refractivity contribution < 1.29 is 9.53 Å². The van der Waals surface area contributed by atoms with Crippen molar-refractivity contribution in [3.8, 4) is 5.75 Å². The second-order valence-electron chi connectivity index (χ2n) is 7.82. The van der Waals surface area contributed by atoms with E-state index in [-0.39, 0.29) is 11.5 Å². The first-order valence-corrected chi connectivity index (χ1v) is 9.02. The van der Waals surface area contributed by atoms with Crippen LogP contribution >= 0.6 is 0 Å². The summed E-state index contributed by atoms with van der Waals surface area (Å²) in [7, 11) is 5.49. The fraction of sp³-hybridized carbons (Fsp3) is 0.333. The molecule has 1 amide bonds. The maximum atomic E-state index is 12.7. The van der Waals surface area contributed by atoms with Crippen LogP contribution < -0.4 is 10.1 Å². The average Bonchev–Trinajstić information content (AvgIpc) is 3.10. The average molecular weight is 364 g/mol. The lowest BCUT2D eigenvalue weighted by molar-refractivity contribution is 0.0815. The van der Waals surface area contributed by atoms with Crippen LogP contribution in [0.1, 0.15) is 29.8 Å². The van der Waals surface area contributed by atoms with Crippen molar-refractivity contribution in [2.75, 3.05) is 19.4 Å². The predicted molar refractivity (Wildman–Crippen MR) is 107 cm³/mol. The van der Waals surface area contributed by atoms with Gasteiger partial charge in [-0.1, -0.05) is 18.2 Å². The van der Waals surface area contributed by atoms with Crippen molar-refractivity contribution in [2.45, 2.75) is 25.9 Å². The predicted octanol–water partition coefficient (Wildman–Crippen LogP) is 3.73. The third-order valence-corrected chi connectivity index (χ3v) is 4.86. The summed E-state index contributed by atoms with van der Waals surface area (Å²) in [6, 6.07) is 11.8. The Hall–Kier alpha value is -3.02. The zero-order valence-electron chi connectivity index (χ0n) is 16.3. The summed E-state index contributed by atoms with van der Waals surface area (Å²) >= 11 is 0. The first-order chi connectivity index (χ1) is 12.8. The number of fused-ring (bicyclic) bond motifs is 3. The maximum Gasteiger partial charge on any atom is 0.257 e. The molecule has 2 heterocycles. The number of nitrogens with one attached hydrogen (secondary N) is 1. The van der Waals surface area contributed by atoms with E-state index in [1.165, 1.54) is 0 Å². The van der Waals surface area contributed by atoms with Gasteiger partial charge in [0.05, 0.1) is 16.6 Å². The Kier molecular flexibility index (Phi) is 3.87. The quantitative estimate of drug-likeness (QED) is 0.769. The molecule has 1 aromatic heterocycles. The summed E-state index contributed by atoms with van der Waals surface area (Å²) in [6.07, 6.45) is 0.734. The van der Waals surface area contributed by atoms with Crippen LogP contribution in [-0.4, -0.2) is 40.1 Å². The number of benzene rings is 2. The van der Waals surface area contributed by atoms with Crippen LogP contribution in [0.15, 0.2) is 36.4 Å². The van der Waals surface area contributed by atoms with Crippen LogP contribution in [0.3, 0.4) is 0 Å². The van der Waals surface area contributed by atoms with Gasteiger partial charge in [-0.25, -0.2) is 4.98 Å². The van der Waals surface area contributed by atoms with Crippen LogP contribution in [0, 0.1) is 0 Å². The summed E-state index contributed by atoms with van der Waals surface area (Å²) in [5.41, 5.74) is 4.02. The highest BCUT2D eigenvalue weighted by atomic mass is 16.5. The number of carbonyl (C=O) groups excluding carboxylic acids is 1. The molecule has 0 radical (unpaired) electrons. The molecule has 1 N–H and O–H groups in total. The molecule has 6 nitrogen and oxygen atoms in total. The van der Waals surface area contributed by atoms with Crippen molar-refractivity contribution in [3.05, 3.63) is 47.5 Å². The third kappa shape index (κ3) is 2.91. The number of hydrogen-bond acceptors (Lipinski definition) is 4. The molecule has 2 aromatic carbocycles. The number of rotatable bonds is 3. The number of aryl methyl sites for hydroxylation is 1. The Morgan fingerprint density at radius 3 is 2.63 bits per heavy atom. The van der Waals surface area contributed by atoms with E-state index >= 15 is 0 Å². The van der Waals surface area contributed by atoms with Crippen LogP contribution in [0.2, 0.25) is 0 Å². The van der Waals surface area contributed by atoms with Crippen LogP contribution in [0.4, 0.5) is 11.6 Å². The van der Waals surface area contributed by atoms with Gasteiger partial charge in [0.2, 0.25) is 5.95 Å². The zero-order chi connectivity index (χ0) is 19.3. The Labute approximate surface area is 158 Å². The summed E-state index contributed by atoms with van der Waals surface area (Å²) in [4.78, 5) is 19.1. The van der Waals surface area contributed by atoms with E-state index in [9.17, 15) is 4.79 Å². The van der Waals surface area contributed by atoms with E-state index < -0.39 is 0 Å². The first-order valence-electron chi connectivity index (χ1n) is 9.02.